The second-order valence-electron chi connectivity index (χ2n) is 6.26. The molecule has 0 heterocycles. The molecule has 5 heteroatoms. The molecular formula is C18H25F3O2. The van der Waals surface area contributed by atoms with Crippen LogP contribution < -0.4 is 4.74 Å². The first-order valence-corrected chi connectivity index (χ1v) is 8.02. The van der Waals surface area contributed by atoms with E-state index >= 15 is 0 Å². The summed E-state index contributed by atoms with van der Waals surface area (Å²) in [5, 5.41) is 0. The summed E-state index contributed by atoms with van der Waals surface area (Å²) >= 11 is 0. The van der Waals surface area contributed by atoms with Gasteiger partial charge in [0.15, 0.2) is 6.29 Å². The van der Waals surface area contributed by atoms with Crippen LogP contribution in [0.4, 0.5) is 13.2 Å². The number of alkyl halides is 3. The summed E-state index contributed by atoms with van der Waals surface area (Å²) in [6, 6.07) is 2.96. The van der Waals surface area contributed by atoms with Crippen molar-refractivity contribution < 1.29 is 22.7 Å². The van der Waals surface area contributed by atoms with Gasteiger partial charge < -0.3 is 4.74 Å². The van der Waals surface area contributed by atoms with E-state index in [1.165, 1.54) is 0 Å². The molecule has 1 aromatic rings. The zero-order valence-electron chi connectivity index (χ0n) is 14.1. The van der Waals surface area contributed by atoms with Gasteiger partial charge >= 0.3 is 6.18 Å². The number of ether oxygens (including phenoxy) is 1. The molecule has 23 heavy (non-hydrogen) atoms. The Morgan fingerprint density at radius 1 is 1.17 bits per heavy atom. The maximum atomic E-state index is 12.8. The monoisotopic (exact) mass is 330 g/mol. The lowest BCUT2D eigenvalue weighted by atomic mass is 9.93. The first-order valence-electron chi connectivity index (χ1n) is 8.02. The SMILES string of the molecule is CC[C@@H](C)CCC(C)[C@@H](C)Oc1cc(C(F)(F)F)ccc1C=O. The summed E-state index contributed by atoms with van der Waals surface area (Å²) in [5.74, 6) is 0.805. The van der Waals surface area contributed by atoms with Gasteiger partial charge in [-0.25, -0.2) is 0 Å². The highest BCUT2D eigenvalue weighted by molar-refractivity contribution is 5.79. The van der Waals surface area contributed by atoms with E-state index in [1.54, 1.807) is 0 Å². The van der Waals surface area contributed by atoms with E-state index in [0.717, 1.165) is 37.5 Å². The fourth-order valence-electron chi connectivity index (χ4n) is 2.21. The van der Waals surface area contributed by atoms with Crippen LogP contribution in [0.2, 0.25) is 0 Å². The number of carbonyl (C=O) groups is 1. The Hall–Kier alpha value is -1.52. The van der Waals surface area contributed by atoms with Crippen molar-refractivity contribution >= 4 is 6.29 Å². The number of hydrogen-bond donors (Lipinski definition) is 0. The number of rotatable bonds is 8. The van der Waals surface area contributed by atoms with E-state index in [9.17, 15) is 18.0 Å². The fraction of sp³-hybridized carbons (Fsp3) is 0.611. The minimum atomic E-state index is -4.45. The van der Waals surface area contributed by atoms with Crippen molar-refractivity contribution in [1.82, 2.24) is 0 Å². The average Bonchev–Trinajstić information content (AvgIpc) is 2.51. The van der Waals surface area contributed by atoms with E-state index in [2.05, 4.69) is 13.8 Å². The minimum Gasteiger partial charge on any atom is -0.490 e. The summed E-state index contributed by atoms with van der Waals surface area (Å²) in [4.78, 5) is 11.0. The van der Waals surface area contributed by atoms with Gasteiger partial charge in [-0.05, 0) is 43.4 Å². The topological polar surface area (TPSA) is 26.3 Å². The Morgan fingerprint density at radius 2 is 1.83 bits per heavy atom. The number of hydrogen-bond acceptors (Lipinski definition) is 2. The van der Waals surface area contributed by atoms with Gasteiger partial charge in [-0.1, -0.05) is 33.6 Å². The van der Waals surface area contributed by atoms with Crippen LogP contribution >= 0.6 is 0 Å². The Labute approximate surface area is 136 Å². The molecule has 0 fully saturated rings. The van der Waals surface area contributed by atoms with Gasteiger partial charge in [0.2, 0.25) is 0 Å². The third kappa shape index (κ3) is 5.88. The molecule has 130 valence electrons. The van der Waals surface area contributed by atoms with Gasteiger partial charge in [0, 0.05) is 0 Å². The Morgan fingerprint density at radius 3 is 2.35 bits per heavy atom. The van der Waals surface area contributed by atoms with Crippen LogP contribution in [-0.4, -0.2) is 12.4 Å². The van der Waals surface area contributed by atoms with Gasteiger partial charge in [0.05, 0.1) is 17.2 Å². The highest BCUT2D eigenvalue weighted by Crippen LogP contribution is 2.33. The first kappa shape index (κ1) is 19.5. The standard InChI is InChI=1S/C18H25F3O2/c1-5-12(2)6-7-13(3)14(4)23-17-10-16(18(19,20)21)9-8-15(17)11-22/h8-14H,5-7H2,1-4H3/t12-,13?,14-/m1/s1. The lowest BCUT2D eigenvalue weighted by Crippen LogP contribution is -2.22. The smallest absolute Gasteiger partial charge is 0.416 e. The van der Waals surface area contributed by atoms with Gasteiger partial charge in [-0.2, -0.15) is 13.2 Å². The lowest BCUT2D eigenvalue weighted by Gasteiger charge is -2.24. The van der Waals surface area contributed by atoms with Crippen molar-refractivity contribution in [2.75, 3.05) is 0 Å². The fourth-order valence-corrected chi connectivity index (χ4v) is 2.21. The number of benzene rings is 1. The van der Waals surface area contributed by atoms with Crippen LogP contribution in [-0.2, 0) is 6.18 Å². The summed E-state index contributed by atoms with van der Waals surface area (Å²) in [5.41, 5.74) is -0.670. The zero-order valence-corrected chi connectivity index (χ0v) is 14.1. The normalized spacial score (nSPS) is 15.8. The second kappa shape index (κ2) is 8.37. The van der Waals surface area contributed by atoms with Gasteiger partial charge in [0.25, 0.3) is 0 Å². The molecule has 0 saturated heterocycles. The molecule has 0 amide bonds. The first-order chi connectivity index (χ1) is 10.7. The second-order valence-corrected chi connectivity index (χ2v) is 6.26. The van der Waals surface area contributed by atoms with Crippen molar-refractivity contribution in [2.24, 2.45) is 11.8 Å². The quantitative estimate of drug-likeness (QED) is 0.567. The van der Waals surface area contributed by atoms with Crippen LogP contribution in [0.15, 0.2) is 18.2 Å². The predicted octanol–water partition coefficient (Wildman–Crippen LogP) is 5.75. The number of aldehydes is 1. The third-order valence-corrected chi connectivity index (χ3v) is 4.39. The molecule has 0 saturated carbocycles. The number of halogens is 3. The molecule has 0 aromatic heterocycles. The maximum Gasteiger partial charge on any atom is 0.416 e. The minimum absolute atomic E-state index is 0.00212. The molecule has 0 spiro atoms. The molecule has 0 radical (unpaired) electrons. The van der Waals surface area contributed by atoms with Crippen molar-refractivity contribution in [2.45, 2.75) is 59.2 Å². The largest absolute Gasteiger partial charge is 0.490 e. The maximum absolute atomic E-state index is 12.8. The molecule has 0 aliphatic rings. The van der Waals surface area contributed by atoms with Gasteiger partial charge in [-0.15, -0.1) is 0 Å². The molecule has 0 aliphatic carbocycles. The van der Waals surface area contributed by atoms with Crippen LogP contribution in [0.5, 0.6) is 5.75 Å². The molecular weight excluding hydrogens is 305 g/mol. The van der Waals surface area contributed by atoms with E-state index in [0.29, 0.717) is 12.2 Å². The van der Waals surface area contributed by atoms with E-state index in [4.69, 9.17) is 4.74 Å². The van der Waals surface area contributed by atoms with E-state index < -0.39 is 11.7 Å². The summed E-state index contributed by atoms with van der Waals surface area (Å²) < 4.78 is 44.1. The Kier molecular flexibility index (Phi) is 7.10. The van der Waals surface area contributed by atoms with Crippen LogP contribution in [0.3, 0.4) is 0 Å². The lowest BCUT2D eigenvalue weighted by molar-refractivity contribution is -0.137. The molecule has 3 atom stereocenters. The molecule has 2 nitrogen and oxygen atoms in total. The number of carbonyl (C=O) groups excluding carboxylic acids is 1. The third-order valence-electron chi connectivity index (χ3n) is 4.39. The predicted molar refractivity (Wildman–Crippen MR) is 84.8 cm³/mol. The van der Waals surface area contributed by atoms with Crippen LogP contribution in [0, 0.1) is 11.8 Å². The highest BCUT2D eigenvalue weighted by atomic mass is 19.4. The molecule has 0 bridgehead atoms. The van der Waals surface area contributed by atoms with E-state index in [1.807, 2.05) is 13.8 Å². The molecule has 1 rings (SSSR count). The summed E-state index contributed by atoms with van der Waals surface area (Å²) in [6.07, 6.45) is -1.11. The average molecular weight is 330 g/mol. The summed E-state index contributed by atoms with van der Waals surface area (Å²) in [7, 11) is 0. The Balaban J connectivity index is 2.83. The zero-order chi connectivity index (χ0) is 17.6. The van der Waals surface area contributed by atoms with Crippen molar-refractivity contribution in [3.05, 3.63) is 29.3 Å². The summed E-state index contributed by atoms with van der Waals surface area (Å²) in [6.45, 7) is 8.15. The van der Waals surface area contributed by atoms with Crippen molar-refractivity contribution in [3.63, 3.8) is 0 Å². The van der Waals surface area contributed by atoms with Crippen LogP contribution in [0.1, 0.15) is 62.9 Å². The molecule has 0 N–H and O–H groups in total. The molecule has 0 aliphatic heterocycles. The van der Waals surface area contributed by atoms with E-state index in [-0.39, 0.29) is 23.3 Å². The molecule has 1 aromatic carbocycles. The Bertz CT molecular complexity index is 511. The van der Waals surface area contributed by atoms with Gasteiger partial charge in [0.1, 0.15) is 5.75 Å². The van der Waals surface area contributed by atoms with Gasteiger partial charge in [-0.3, -0.25) is 4.79 Å². The molecule has 1 unspecified atom stereocenters. The van der Waals surface area contributed by atoms with Crippen LogP contribution in [0.25, 0.3) is 0 Å². The van der Waals surface area contributed by atoms with Crippen molar-refractivity contribution in [1.29, 1.82) is 0 Å². The van der Waals surface area contributed by atoms with Crippen molar-refractivity contribution in [3.8, 4) is 5.75 Å². The highest BCUT2D eigenvalue weighted by Gasteiger charge is 2.31.